The Morgan fingerprint density at radius 2 is 1.60 bits per heavy atom. The molecule has 0 saturated heterocycles. The van der Waals surface area contributed by atoms with Crippen molar-refractivity contribution in [1.82, 2.24) is 0 Å². The number of ether oxygens (including phenoxy) is 1. The third kappa shape index (κ3) is 4.05. The van der Waals surface area contributed by atoms with Gasteiger partial charge >= 0.3 is 5.97 Å². The van der Waals surface area contributed by atoms with Crippen molar-refractivity contribution in [3.63, 3.8) is 0 Å². The van der Waals surface area contributed by atoms with E-state index in [1.54, 1.807) is 24.3 Å². The summed E-state index contributed by atoms with van der Waals surface area (Å²) in [6, 6.07) is 16.5. The Labute approximate surface area is 118 Å². The molecule has 3 nitrogen and oxygen atoms in total. The molecule has 0 amide bonds. The first-order valence-electron chi connectivity index (χ1n) is 6.44. The lowest BCUT2D eigenvalue weighted by molar-refractivity contribution is -0.141. The molecule has 0 bridgehead atoms. The summed E-state index contributed by atoms with van der Waals surface area (Å²) in [5.74, 6) is -0.582. The number of hydrogen-bond acceptors (Lipinski definition) is 3. The van der Waals surface area contributed by atoms with Crippen LogP contribution < -0.4 is 0 Å². The van der Waals surface area contributed by atoms with Crippen LogP contribution in [0.4, 0.5) is 0 Å². The number of esters is 1. The average Bonchev–Trinajstić information content (AvgIpc) is 2.48. The number of aryl methyl sites for hydroxylation is 1. The van der Waals surface area contributed by atoms with Crippen LogP contribution in [0.15, 0.2) is 54.6 Å². The van der Waals surface area contributed by atoms with Crippen molar-refractivity contribution in [2.75, 3.05) is 6.61 Å². The lowest BCUT2D eigenvalue weighted by atomic mass is 10.1. The summed E-state index contributed by atoms with van der Waals surface area (Å²) in [5, 5.41) is 0. The fourth-order valence-corrected chi connectivity index (χ4v) is 1.78. The topological polar surface area (TPSA) is 43.4 Å². The number of ketones is 1. The Balaban J connectivity index is 1.83. The molecule has 0 atom stereocenters. The van der Waals surface area contributed by atoms with Crippen LogP contribution >= 0.6 is 0 Å². The number of rotatable bonds is 5. The average molecular weight is 268 g/mol. The molecule has 2 aromatic rings. The summed E-state index contributed by atoms with van der Waals surface area (Å²) >= 11 is 0. The Hall–Kier alpha value is -2.42. The molecule has 0 unspecified atom stereocenters. The largest absolute Gasteiger partial charge is 0.457 e. The van der Waals surface area contributed by atoms with Gasteiger partial charge in [0.05, 0.1) is 6.42 Å². The molecule has 0 radical (unpaired) electrons. The van der Waals surface area contributed by atoms with Gasteiger partial charge in [-0.15, -0.1) is 0 Å². The van der Waals surface area contributed by atoms with Gasteiger partial charge in [0.15, 0.2) is 12.4 Å². The van der Waals surface area contributed by atoms with Crippen LogP contribution in [0.1, 0.15) is 21.5 Å². The molecule has 0 aliphatic carbocycles. The highest BCUT2D eigenvalue weighted by Crippen LogP contribution is 2.05. The van der Waals surface area contributed by atoms with Crippen LogP contribution in [0.5, 0.6) is 0 Å². The van der Waals surface area contributed by atoms with E-state index < -0.39 is 5.97 Å². The van der Waals surface area contributed by atoms with E-state index in [-0.39, 0.29) is 18.8 Å². The summed E-state index contributed by atoms with van der Waals surface area (Å²) in [6.45, 7) is 1.77. The van der Waals surface area contributed by atoms with Crippen molar-refractivity contribution in [2.24, 2.45) is 0 Å². The maximum atomic E-state index is 11.8. The molecule has 0 aromatic heterocycles. The van der Waals surface area contributed by atoms with Gasteiger partial charge in [-0.2, -0.15) is 0 Å². The van der Waals surface area contributed by atoms with E-state index in [9.17, 15) is 9.59 Å². The fraction of sp³-hybridized carbons (Fsp3) is 0.176. The molecule has 20 heavy (non-hydrogen) atoms. The molecule has 2 aromatic carbocycles. The maximum absolute atomic E-state index is 11.8. The van der Waals surface area contributed by atoms with Gasteiger partial charge in [0, 0.05) is 5.56 Å². The van der Waals surface area contributed by atoms with Crippen LogP contribution in [0.25, 0.3) is 0 Å². The minimum atomic E-state index is -0.391. The molecule has 3 heteroatoms. The second-order valence-corrected chi connectivity index (χ2v) is 4.61. The van der Waals surface area contributed by atoms with Crippen LogP contribution in [-0.4, -0.2) is 18.4 Å². The predicted molar refractivity (Wildman–Crippen MR) is 76.6 cm³/mol. The van der Waals surface area contributed by atoms with E-state index in [4.69, 9.17) is 4.74 Å². The van der Waals surface area contributed by atoms with Crippen LogP contribution in [0, 0.1) is 6.92 Å². The first kappa shape index (κ1) is 14.0. The van der Waals surface area contributed by atoms with Gasteiger partial charge in [-0.3, -0.25) is 9.59 Å². The second-order valence-electron chi connectivity index (χ2n) is 4.61. The normalized spacial score (nSPS) is 10.1. The molecule has 0 spiro atoms. The summed E-state index contributed by atoms with van der Waals surface area (Å²) in [5.41, 5.74) is 2.57. The molecular formula is C17H16O3. The van der Waals surface area contributed by atoms with E-state index in [0.717, 1.165) is 11.1 Å². The minimum absolute atomic E-state index is 0.183. The fourth-order valence-electron chi connectivity index (χ4n) is 1.78. The van der Waals surface area contributed by atoms with Crippen molar-refractivity contribution in [2.45, 2.75) is 13.3 Å². The predicted octanol–water partition coefficient (Wildman–Crippen LogP) is 2.96. The molecule has 0 fully saturated rings. The zero-order valence-electron chi connectivity index (χ0n) is 11.3. The van der Waals surface area contributed by atoms with E-state index >= 15 is 0 Å². The minimum Gasteiger partial charge on any atom is -0.457 e. The van der Waals surface area contributed by atoms with Crippen LogP contribution in [0.3, 0.4) is 0 Å². The Kier molecular flexibility index (Phi) is 4.66. The Morgan fingerprint density at radius 3 is 2.25 bits per heavy atom. The summed E-state index contributed by atoms with van der Waals surface area (Å²) in [7, 11) is 0. The maximum Gasteiger partial charge on any atom is 0.310 e. The molecule has 0 heterocycles. The summed E-state index contributed by atoms with van der Waals surface area (Å²) in [4.78, 5) is 23.4. The third-order valence-corrected chi connectivity index (χ3v) is 2.93. The zero-order chi connectivity index (χ0) is 14.4. The number of benzene rings is 2. The first-order chi connectivity index (χ1) is 9.65. The van der Waals surface area contributed by atoms with Gasteiger partial charge in [-0.25, -0.2) is 0 Å². The van der Waals surface area contributed by atoms with Crippen LogP contribution in [-0.2, 0) is 16.0 Å². The smallest absolute Gasteiger partial charge is 0.310 e. The zero-order valence-corrected chi connectivity index (χ0v) is 11.3. The van der Waals surface area contributed by atoms with Gasteiger partial charge in [0.25, 0.3) is 0 Å². The monoisotopic (exact) mass is 268 g/mol. The highest BCUT2D eigenvalue weighted by atomic mass is 16.5. The standard InChI is InChI=1S/C17H16O3/c1-13-7-9-14(10-8-13)11-17(19)20-12-16(18)15-5-3-2-4-6-15/h2-10H,11-12H2,1H3. The first-order valence-corrected chi connectivity index (χ1v) is 6.44. The third-order valence-electron chi connectivity index (χ3n) is 2.93. The highest BCUT2D eigenvalue weighted by molar-refractivity contribution is 5.97. The molecule has 0 saturated carbocycles. The number of hydrogen-bond donors (Lipinski definition) is 0. The van der Waals surface area contributed by atoms with Gasteiger partial charge in [-0.1, -0.05) is 60.2 Å². The van der Waals surface area contributed by atoms with Crippen molar-refractivity contribution in [1.29, 1.82) is 0 Å². The van der Waals surface area contributed by atoms with Gasteiger partial charge in [0.1, 0.15) is 0 Å². The van der Waals surface area contributed by atoms with E-state index in [1.165, 1.54) is 0 Å². The van der Waals surface area contributed by atoms with Gasteiger partial charge < -0.3 is 4.74 Å². The van der Waals surface area contributed by atoms with Crippen molar-refractivity contribution in [3.8, 4) is 0 Å². The number of carbonyl (C=O) groups is 2. The van der Waals surface area contributed by atoms with Gasteiger partial charge in [0.2, 0.25) is 0 Å². The Bertz CT molecular complexity index is 585. The summed E-state index contributed by atoms with van der Waals surface area (Å²) < 4.78 is 5.00. The van der Waals surface area contributed by atoms with Gasteiger partial charge in [-0.05, 0) is 12.5 Å². The lowest BCUT2D eigenvalue weighted by Crippen LogP contribution is -2.15. The van der Waals surface area contributed by atoms with Crippen molar-refractivity contribution in [3.05, 3.63) is 71.3 Å². The SMILES string of the molecule is Cc1ccc(CC(=O)OCC(=O)c2ccccc2)cc1. The van der Waals surface area contributed by atoms with E-state index in [2.05, 4.69) is 0 Å². The molecule has 0 aliphatic rings. The molecule has 0 aliphatic heterocycles. The summed E-state index contributed by atoms with van der Waals surface area (Å²) in [6.07, 6.45) is 0.183. The number of carbonyl (C=O) groups excluding carboxylic acids is 2. The van der Waals surface area contributed by atoms with Crippen molar-refractivity contribution < 1.29 is 14.3 Å². The highest BCUT2D eigenvalue weighted by Gasteiger charge is 2.10. The van der Waals surface area contributed by atoms with E-state index in [0.29, 0.717) is 5.56 Å². The Morgan fingerprint density at radius 1 is 0.950 bits per heavy atom. The quantitative estimate of drug-likeness (QED) is 0.618. The molecule has 0 N–H and O–H groups in total. The van der Waals surface area contributed by atoms with E-state index in [1.807, 2.05) is 37.3 Å². The van der Waals surface area contributed by atoms with Crippen molar-refractivity contribution >= 4 is 11.8 Å². The lowest BCUT2D eigenvalue weighted by Gasteiger charge is -2.05. The van der Waals surface area contributed by atoms with Crippen LogP contribution in [0.2, 0.25) is 0 Å². The molecular weight excluding hydrogens is 252 g/mol. The second kappa shape index (κ2) is 6.66. The molecule has 2 rings (SSSR count). The molecule has 102 valence electrons. The number of Topliss-reactive ketones (excluding diaryl/α,β-unsaturated/α-hetero) is 1.